The Morgan fingerprint density at radius 3 is 2.44 bits per heavy atom. The third-order valence-corrected chi connectivity index (χ3v) is 6.64. The molecule has 4 nitrogen and oxygen atoms in total. The lowest BCUT2D eigenvalue weighted by molar-refractivity contribution is -0.166. The Morgan fingerprint density at radius 1 is 1.19 bits per heavy atom. The summed E-state index contributed by atoms with van der Waals surface area (Å²) in [6.45, 7) is 10.3. The van der Waals surface area contributed by atoms with E-state index in [1.807, 2.05) is 6.07 Å². The van der Waals surface area contributed by atoms with E-state index in [1.165, 1.54) is 5.56 Å². The van der Waals surface area contributed by atoms with Gasteiger partial charge in [0, 0.05) is 5.92 Å². The second-order valence-corrected chi connectivity index (χ2v) is 9.42. The first kappa shape index (κ1) is 19.9. The van der Waals surface area contributed by atoms with E-state index in [0.29, 0.717) is 5.92 Å². The molecule has 1 aliphatic carbocycles. The number of cyclic esters (lactones) is 1. The topological polar surface area (TPSA) is 52.6 Å². The van der Waals surface area contributed by atoms with E-state index in [2.05, 4.69) is 45.0 Å². The largest absolute Gasteiger partial charge is 0.462 e. The summed E-state index contributed by atoms with van der Waals surface area (Å²) >= 11 is 0. The van der Waals surface area contributed by atoms with Crippen molar-refractivity contribution < 1.29 is 19.1 Å². The maximum absolute atomic E-state index is 12.9. The van der Waals surface area contributed by atoms with Crippen LogP contribution in [0.25, 0.3) is 0 Å². The fourth-order valence-electron chi connectivity index (χ4n) is 4.78. The Morgan fingerprint density at radius 2 is 1.85 bits per heavy atom. The molecule has 3 rings (SSSR count). The van der Waals surface area contributed by atoms with Crippen LogP contribution in [0.2, 0.25) is 0 Å². The van der Waals surface area contributed by atoms with Crippen molar-refractivity contribution in [1.82, 2.24) is 0 Å². The molecule has 0 radical (unpaired) electrons. The molecule has 27 heavy (non-hydrogen) atoms. The van der Waals surface area contributed by atoms with Crippen LogP contribution < -0.4 is 0 Å². The number of esters is 2. The van der Waals surface area contributed by atoms with Gasteiger partial charge < -0.3 is 9.47 Å². The van der Waals surface area contributed by atoms with Crippen LogP contribution in [-0.4, -0.2) is 23.6 Å². The first-order chi connectivity index (χ1) is 12.6. The van der Waals surface area contributed by atoms with Gasteiger partial charge in [-0.15, -0.1) is 0 Å². The fourth-order valence-corrected chi connectivity index (χ4v) is 4.78. The fraction of sp³-hybridized carbons (Fsp3) is 0.652. The Balaban J connectivity index is 1.81. The predicted molar refractivity (Wildman–Crippen MR) is 104 cm³/mol. The van der Waals surface area contributed by atoms with Crippen molar-refractivity contribution in [3.8, 4) is 0 Å². The minimum Gasteiger partial charge on any atom is -0.462 e. The van der Waals surface area contributed by atoms with Gasteiger partial charge in [0.2, 0.25) is 0 Å². The lowest BCUT2D eigenvalue weighted by Gasteiger charge is -2.44. The monoisotopic (exact) mass is 372 g/mol. The molecule has 2 aliphatic rings. The molecule has 0 unspecified atom stereocenters. The lowest BCUT2D eigenvalue weighted by atomic mass is 9.64. The summed E-state index contributed by atoms with van der Waals surface area (Å²) in [5, 5.41) is 0. The van der Waals surface area contributed by atoms with E-state index in [-0.39, 0.29) is 35.8 Å². The number of hydrogen-bond donors (Lipinski definition) is 0. The first-order valence-electron chi connectivity index (χ1n) is 10.1. The van der Waals surface area contributed by atoms with Crippen molar-refractivity contribution in [2.45, 2.75) is 77.4 Å². The molecule has 1 saturated heterocycles. The predicted octanol–water partition coefficient (Wildman–Crippen LogP) is 4.65. The maximum atomic E-state index is 12.9. The zero-order valence-electron chi connectivity index (χ0n) is 17.2. The summed E-state index contributed by atoms with van der Waals surface area (Å²) in [4.78, 5) is 24.6. The third kappa shape index (κ3) is 4.04. The second-order valence-electron chi connectivity index (χ2n) is 9.42. The van der Waals surface area contributed by atoms with Crippen molar-refractivity contribution >= 4 is 11.9 Å². The highest BCUT2D eigenvalue weighted by Crippen LogP contribution is 2.44. The zero-order valence-corrected chi connectivity index (χ0v) is 17.2. The Bertz CT molecular complexity index is 692. The van der Waals surface area contributed by atoms with Crippen LogP contribution >= 0.6 is 0 Å². The molecule has 1 aromatic carbocycles. The highest BCUT2D eigenvalue weighted by Gasteiger charge is 2.49. The van der Waals surface area contributed by atoms with E-state index in [0.717, 1.165) is 19.3 Å². The summed E-state index contributed by atoms with van der Waals surface area (Å²) in [5.74, 6) is -0.358. The molecule has 148 valence electrons. The van der Waals surface area contributed by atoms with Gasteiger partial charge in [-0.2, -0.15) is 0 Å². The van der Waals surface area contributed by atoms with Crippen molar-refractivity contribution in [3.63, 3.8) is 0 Å². The van der Waals surface area contributed by atoms with Gasteiger partial charge in [-0.3, -0.25) is 9.59 Å². The summed E-state index contributed by atoms with van der Waals surface area (Å²) < 4.78 is 11.4. The normalized spacial score (nSPS) is 30.6. The Hall–Kier alpha value is -1.84. The molecular weight excluding hydrogens is 340 g/mol. The number of benzene rings is 1. The van der Waals surface area contributed by atoms with Gasteiger partial charge in [-0.1, -0.05) is 57.5 Å². The molecule has 1 aliphatic heterocycles. The molecule has 0 N–H and O–H groups in total. The summed E-state index contributed by atoms with van der Waals surface area (Å²) in [6, 6.07) is 10.5. The average Bonchev–Trinajstić information content (AvgIpc) is 2.88. The van der Waals surface area contributed by atoms with Gasteiger partial charge in [-0.05, 0) is 43.6 Å². The van der Waals surface area contributed by atoms with Gasteiger partial charge in [0.05, 0.1) is 6.42 Å². The highest BCUT2D eigenvalue weighted by atomic mass is 16.6. The molecule has 1 heterocycles. The number of ether oxygens (including phenoxy) is 2. The quantitative estimate of drug-likeness (QED) is 0.722. The lowest BCUT2D eigenvalue weighted by Crippen LogP contribution is -2.45. The molecular formula is C23H32O4. The first-order valence-corrected chi connectivity index (χ1v) is 10.1. The number of carbonyl (C=O) groups is 2. The Labute approximate surface area is 162 Å². The van der Waals surface area contributed by atoms with Crippen LogP contribution in [-0.2, 0) is 24.5 Å². The van der Waals surface area contributed by atoms with Gasteiger partial charge in [0.25, 0.3) is 0 Å². The molecule has 1 saturated carbocycles. The molecule has 4 heteroatoms. The van der Waals surface area contributed by atoms with Crippen LogP contribution in [0, 0.1) is 17.8 Å². The van der Waals surface area contributed by atoms with Gasteiger partial charge in [0.1, 0.15) is 17.6 Å². The van der Waals surface area contributed by atoms with E-state index in [9.17, 15) is 9.59 Å². The van der Waals surface area contributed by atoms with Crippen molar-refractivity contribution in [1.29, 1.82) is 0 Å². The van der Waals surface area contributed by atoms with Crippen LogP contribution in [0.4, 0.5) is 0 Å². The van der Waals surface area contributed by atoms with Crippen LogP contribution in [0.3, 0.4) is 0 Å². The van der Waals surface area contributed by atoms with Gasteiger partial charge >= 0.3 is 11.9 Å². The van der Waals surface area contributed by atoms with Gasteiger partial charge in [0.15, 0.2) is 0 Å². The smallest absolute Gasteiger partial charge is 0.313 e. The maximum Gasteiger partial charge on any atom is 0.313 e. The molecule has 0 bridgehead atoms. The number of carbonyl (C=O) groups excluding carboxylic acids is 2. The SMILES string of the molecule is C[C@@H]1CC[C@@H](C(C)(C)c2ccccc2)[C@H](OC(=O)[C@@H]2CC(=O)OC2(C)C)C1. The minimum atomic E-state index is -0.793. The van der Waals surface area contributed by atoms with Crippen LogP contribution in [0.5, 0.6) is 0 Å². The second kappa shape index (κ2) is 7.29. The highest BCUT2D eigenvalue weighted by molar-refractivity contribution is 5.84. The van der Waals surface area contributed by atoms with E-state index >= 15 is 0 Å². The van der Waals surface area contributed by atoms with Gasteiger partial charge in [-0.25, -0.2) is 0 Å². The molecule has 1 aromatic rings. The minimum absolute atomic E-state index is 0.0934. The molecule has 0 aromatic heterocycles. The van der Waals surface area contributed by atoms with Crippen molar-refractivity contribution in [2.75, 3.05) is 0 Å². The average molecular weight is 373 g/mol. The molecule has 2 fully saturated rings. The van der Waals surface area contributed by atoms with E-state index < -0.39 is 11.5 Å². The summed E-state index contributed by atoms with van der Waals surface area (Å²) in [6.07, 6.45) is 3.02. The molecule has 0 amide bonds. The third-order valence-electron chi connectivity index (χ3n) is 6.64. The van der Waals surface area contributed by atoms with E-state index in [4.69, 9.17) is 9.47 Å². The summed E-state index contributed by atoms with van der Waals surface area (Å²) in [5.41, 5.74) is 0.383. The van der Waals surface area contributed by atoms with E-state index in [1.54, 1.807) is 13.8 Å². The van der Waals surface area contributed by atoms with Crippen molar-refractivity contribution in [3.05, 3.63) is 35.9 Å². The number of rotatable bonds is 4. The standard InChI is InChI=1S/C23H32O4/c1-15-11-12-17(22(2,3)16-9-7-6-8-10-16)19(13-15)26-21(25)18-14-20(24)27-23(18,4)5/h6-10,15,17-19H,11-14H2,1-5H3/t15-,17-,18+,19-/m1/s1. The summed E-state index contributed by atoms with van der Waals surface area (Å²) in [7, 11) is 0. The molecule has 0 spiro atoms. The number of hydrogen-bond acceptors (Lipinski definition) is 4. The van der Waals surface area contributed by atoms with Crippen molar-refractivity contribution in [2.24, 2.45) is 17.8 Å². The zero-order chi connectivity index (χ0) is 19.8. The molecule has 4 atom stereocenters. The van der Waals surface area contributed by atoms with Crippen LogP contribution in [0.15, 0.2) is 30.3 Å². The Kier molecular flexibility index (Phi) is 5.38. The van der Waals surface area contributed by atoms with Crippen LogP contribution in [0.1, 0.15) is 65.9 Å².